The molecule has 2 heterocycles. The van der Waals surface area contributed by atoms with Crippen molar-refractivity contribution in [2.45, 2.75) is 38.3 Å². The molecule has 3 rings (SSSR count). The van der Waals surface area contributed by atoms with Crippen molar-refractivity contribution < 1.29 is 8.42 Å². The summed E-state index contributed by atoms with van der Waals surface area (Å²) in [6.45, 7) is 4.99. The molecule has 0 amide bonds. The fourth-order valence-electron chi connectivity index (χ4n) is 4.06. The van der Waals surface area contributed by atoms with Crippen LogP contribution in [-0.2, 0) is 9.84 Å². The second kappa shape index (κ2) is 4.76. The number of hydrogen-bond donors (Lipinski definition) is 1. The van der Waals surface area contributed by atoms with Crippen LogP contribution in [0.15, 0.2) is 0 Å². The predicted molar refractivity (Wildman–Crippen MR) is 72.3 cm³/mol. The van der Waals surface area contributed by atoms with E-state index in [0.29, 0.717) is 17.5 Å². The summed E-state index contributed by atoms with van der Waals surface area (Å²) in [6.07, 6.45) is 4.14. The molecule has 0 bridgehead atoms. The van der Waals surface area contributed by atoms with Gasteiger partial charge in [-0.05, 0) is 38.1 Å². The molecule has 0 spiro atoms. The van der Waals surface area contributed by atoms with Crippen LogP contribution in [0.1, 0.15) is 26.2 Å². The highest BCUT2D eigenvalue weighted by Gasteiger charge is 2.40. The maximum atomic E-state index is 11.6. The fraction of sp³-hybridized carbons (Fsp3) is 1.00. The highest BCUT2D eigenvalue weighted by molar-refractivity contribution is 7.91. The van der Waals surface area contributed by atoms with Gasteiger partial charge in [0, 0.05) is 25.2 Å². The van der Waals surface area contributed by atoms with Crippen molar-refractivity contribution in [3.05, 3.63) is 0 Å². The monoisotopic (exact) mass is 272 g/mol. The average Bonchev–Trinajstić information content (AvgIpc) is 2.85. The molecule has 2 saturated heterocycles. The van der Waals surface area contributed by atoms with Gasteiger partial charge in [0.05, 0.1) is 11.5 Å². The van der Waals surface area contributed by atoms with E-state index in [1.165, 1.54) is 25.8 Å². The third kappa shape index (κ3) is 2.45. The summed E-state index contributed by atoms with van der Waals surface area (Å²) in [5, 5.41) is 3.66. The quantitative estimate of drug-likeness (QED) is 0.795. The van der Waals surface area contributed by atoms with Crippen molar-refractivity contribution in [2.24, 2.45) is 11.8 Å². The molecule has 18 heavy (non-hydrogen) atoms. The molecule has 0 aromatic rings. The molecule has 4 unspecified atom stereocenters. The Labute approximate surface area is 110 Å². The number of nitrogens with zero attached hydrogens (tertiary/aromatic N) is 1. The van der Waals surface area contributed by atoms with Gasteiger partial charge in [-0.3, -0.25) is 4.90 Å². The van der Waals surface area contributed by atoms with Crippen molar-refractivity contribution in [1.82, 2.24) is 10.2 Å². The maximum absolute atomic E-state index is 11.6. The Hall–Kier alpha value is -0.130. The van der Waals surface area contributed by atoms with Gasteiger partial charge >= 0.3 is 0 Å². The molecule has 4 nitrogen and oxygen atoms in total. The van der Waals surface area contributed by atoms with E-state index in [1.54, 1.807) is 0 Å². The summed E-state index contributed by atoms with van der Waals surface area (Å²) < 4.78 is 23.2. The summed E-state index contributed by atoms with van der Waals surface area (Å²) >= 11 is 0. The van der Waals surface area contributed by atoms with E-state index >= 15 is 0 Å². The van der Waals surface area contributed by atoms with Gasteiger partial charge in [0.15, 0.2) is 9.84 Å². The van der Waals surface area contributed by atoms with Crippen LogP contribution in [0.5, 0.6) is 0 Å². The van der Waals surface area contributed by atoms with Crippen LogP contribution in [0.3, 0.4) is 0 Å². The van der Waals surface area contributed by atoms with Gasteiger partial charge in [-0.2, -0.15) is 0 Å². The van der Waals surface area contributed by atoms with Gasteiger partial charge in [0.25, 0.3) is 0 Å². The fourth-order valence-corrected chi connectivity index (χ4v) is 5.68. The molecule has 0 radical (unpaired) electrons. The van der Waals surface area contributed by atoms with E-state index in [4.69, 9.17) is 0 Å². The number of fused-ring (bicyclic) bond motifs is 1. The van der Waals surface area contributed by atoms with Crippen LogP contribution in [0, 0.1) is 11.8 Å². The van der Waals surface area contributed by atoms with E-state index in [-0.39, 0.29) is 6.04 Å². The number of nitrogens with one attached hydrogen (secondary N) is 1. The molecule has 0 aromatic carbocycles. The first-order valence-electron chi connectivity index (χ1n) is 7.23. The molecule has 3 aliphatic rings. The number of rotatable bonds is 2. The molecule has 4 atom stereocenters. The third-order valence-electron chi connectivity index (χ3n) is 5.12. The lowest BCUT2D eigenvalue weighted by molar-refractivity contribution is 0.190. The zero-order valence-electron chi connectivity index (χ0n) is 11.1. The lowest BCUT2D eigenvalue weighted by atomic mass is 9.93. The summed E-state index contributed by atoms with van der Waals surface area (Å²) in [6, 6.07) is 0.784. The standard InChI is InChI=1S/C13H24N2O2S/c1-10-9-18(16,17)6-5-15(10)8-13-12-4-2-3-11(12)7-14-13/h10-14H,2-9H2,1H3. The SMILES string of the molecule is CC1CS(=O)(=O)CCN1CC1NCC2CCCC21. The van der Waals surface area contributed by atoms with Gasteiger partial charge in [-0.25, -0.2) is 8.42 Å². The molecule has 1 N–H and O–H groups in total. The summed E-state index contributed by atoms with van der Waals surface area (Å²) in [5.74, 6) is 2.42. The predicted octanol–water partition coefficient (Wildman–Crippen LogP) is 0.493. The van der Waals surface area contributed by atoms with Crippen molar-refractivity contribution in [3.8, 4) is 0 Å². The summed E-state index contributed by atoms with van der Waals surface area (Å²) in [5.41, 5.74) is 0. The molecule has 2 aliphatic heterocycles. The number of sulfone groups is 1. The zero-order chi connectivity index (χ0) is 12.8. The minimum absolute atomic E-state index is 0.186. The highest BCUT2D eigenvalue weighted by Crippen LogP contribution is 2.38. The molecular formula is C13H24N2O2S. The van der Waals surface area contributed by atoms with Crippen molar-refractivity contribution in [3.63, 3.8) is 0 Å². The molecule has 0 aromatic heterocycles. The third-order valence-corrected chi connectivity index (χ3v) is 6.91. The van der Waals surface area contributed by atoms with Gasteiger partial charge in [0.1, 0.15) is 0 Å². The molecule has 104 valence electrons. The minimum atomic E-state index is -2.78. The molecule has 3 fully saturated rings. The Balaban J connectivity index is 1.60. The highest BCUT2D eigenvalue weighted by atomic mass is 32.2. The minimum Gasteiger partial charge on any atom is -0.312 e. The number of hydrogen-bond acceptors (Lipinski definition) is 4. The van der Waals surface area contributed by atoms with Crippen LogP contribution < -0.4 is 5.32 Å². The van der Waals surface area contributed by atoms with E-state index in [1.807, 2.05) is 0 Å². The zero-order valence-corrected chi connectivity index (χ0v) is 12.0. The first-order chi connectivity index (χ1) is 8.55. The lowest BCUT2D eigenvalue weighted by Crippen LogP contribution is -2.51. The van der Waals surface area contributed by atoms with Crippen LogP contribution >= 0.6 is 0 Å². The Morgan fingerprint density at radius 2 is 2.17 bits per heavy atom. The van der Waals surface area contributed by atoms with Gasteiger partial charge in [0.2, 0.25) is 0 Å². The van der Waals surface area contributed by atoms with Crippen molar-refractivity contribution >= 4 is 9.84 Å². The van der Waals surface area contributed by atoms with E-state index in [0.717, 1.165) is 24.9 Å². The molecule has 1 saturated carbocycles. The van der Waals surface area contributed by atoms with E-state index in [9.17, 15) is 8.42 Å². The van der Waals surface area contributed by atoms with Crippen molar-refractivity contribution in [1.29, 1.82) is 0 Å². The van der Waals surface area contributed by atoms with Gasteiger partial charge < -0.3 is 5.32 Å². The van der Waals surface area contributed by atoms with Crippen molar-refractivity contribution in [2.75, 3.05) is 31.1 Å². The molecule has 5 heteroatoms. The van der Waals surface area contributed by atoms with E-state index in [2.05, 4.69) is 17.1 Å². The average molecular weight is 272 g/mol. The second-order valence-corrected chi connectivity index (χ2v) is 8.56. The topological polar surface area (TPSA) is 49.4 Å². The second-order valence-electron chi connectivity index (χ2n) is 6.33. The largest absolute Gasteiger partial charge is 0.312 e. The molecule has 1 aliphatic carbocycles. The Bertz CT molecular complexity index is 409. The summed E-state index contributed by atoms with van der Waals surface area (Å²) in [7, 11) is -2.78. The van der Waals surface area contributed by atoms with Crippen LogP contribution in [0.25, 0.3) is 0 Å². The Morgan fingerprint density at radius 3 is 2.94 bits per heavy atom. The van der Waals surface area contributed by atoms with Gasteiger partial charge in [-0.1, -0.05) is 6.42 Å². The smallest absolute Gasteiger partial charge is 0.153 e. The maximum Gasteiger partial charge on any atom is 0.153 e. The Morgan fingerprint density at radius 1 is 1.33 bits per heavy atom. The van der Waals surface area contributed by atoms with Crippen LogP contribution in [0.4, 0.5) is 0 Å². The lowest BCUT2D eigenvalue weighted by Gasteiger charge is -2.36. The van der Waals surface area contributed by atoms with Gasteiger partial charge in [-0.15, -0.1) is 0 Å². The van der Waals surface area contributed by atoms with Crippen LogP contribution in [-0.4, -0.2) is 56.5 Å². The van der Waals surface area contributed by atoms with E-state index < -0.39 is 9.84 Å². The first kappa shape index (κ1) is 12.9. The Kier molecular flexibility index (Phi) is 3.41. The summed E-state index contributed by atoms with van der Waals surface area (Å²) in [4.78, 5) is 2.37. The van der Waals surface area contributed by atoms with Crippen LogP contribution in [0.2, 0.25) is 0 Å². The normalized spacial score (nSPS) is 44.1. The molecular weight excluding hydrogens is 248 g/mol. The first-order valence-corrected chi connectivity index (χ1v) is 9.05.